The van der Waals surface area contributed by atoms with Crippen molar-refractivity contribution in [1.29, 1.82) is 0 Å². The number of hydrogen-bond donors (Lipinski definition) is 1. The normalized spacial score (nSPS) is 11.8. The van der Waals surface area contributed by atoms with Crippen LogP contribution in [0.2, 0.25) is 0 Å². The number of aryl methyl sites for hydroxylation is 1. The first-order valence-corrected chi connectivity index (χ1v) is 6.64. The van der Waals surface area contributed by atoms with Crippen LogP contribution in [0.3, 0.4) is 0 Å². The zero-order valence-electron chi connectivity index (χ0n) is 12.2. The van der Waals surface area contributed by atoms with Crippen LogP contribution in [0.1, 0.15) is 24.5 Å². The van der Waals surface area contributed by atoms with Crippen LogP contribution in [-0.4, -0.2) is 31.1 Å². The van der Waals surface area contributed by atoms with Crippen molar-refractivity contribution in [2.45, 2.75) is 26.3 Å². The molecule has 1 aromatic carbocycles. The zero-order valence-corrected chi connectivity index (χ0v) is 12.2. The minimum absolute atomic E-state index is 0.0903. The van der Waals surface area contributed by atoms with Gasteiger partial charge in [0, 0.05) is 18.2 Å². The van der Waals surface area contributed by atoms with Crippen LogP contribution >= 0.6 is 0 Å². The van der Waals surface area contributed by atoms with Crippen molar-refractivity contribution >= 4 is 0 Å². The molecular formula is C17H24N2. The molecule has 1 atom stereocenters. The summed E-state index contributed by atoms with van der Waals surface area (Å²) >= 11 is 0. The molecule has 1 unspecified atom stereocenters. The molecule has 0 fully saturated rings. The summed E-state index contributed by atoms with van der Waals surface area (Å²) in [5.74, 6) is 6.36. The Morgan fingerprint density at radius 1 is 1.37 bits per heavy atom. The number of nitrogens with two attached hydrogens (primary N) is 1. The minimum atomic E-state index is 0.0903. The molecule has 0 saturated carbocycles. The van der Waals surface area contributed by atoms with E-state index < -0.39 is 0 Å². The third-order valence-corrected chi connectivity index (χ3v) is 3.09. The van der Waals surface area contributed by atoms with Crippen molar-refractivity contribution in [1.82, 2.24) is 4.90 Å². The summed E-state index contributed by atoms with van der Waals surface area (Å²) in [6.07, 6.45) is 0.929. The maximum atomic E-state index is 5.94. The number of rotatable bonds is 5. The average molecular weight is 256 g/mol. The van der Waals surface area contributed by atoms with E-state index in [-0.39, 0.29) is 6.04 Å². The molecular weight excluding hydrogens is 232 g/mol. The van der Waals surface area contributed by atoms with Crippen LogP contribution in [0.25, 0.3) is 0 Å². The highest BCUT2D eigenvalue weighted by Gasteiger charge is 2.04. The van der Waals surface area contributed by atoms with Gasteiger partial charge in [-0.3, -0.25) is 4.90 Å². The molecule has 102 valence electrons. The minimum Gasteiger partial charge on any atom is -0.324 e. The van der Waals surface area contributed by atoms with Gasteiger partial charge in [-0.05, 0) is 39.4 Å². The van der Waals surface area contributed by atoms with Crippen molar-refractivity contribution in [3.8, 4) is 11.8 Å². The summed E-state index contributed by atoms with van der Waals surface area (Å²) < 4.78 is 0. The standard InChI is InChI=1S/C17H24N2/c1-14(2)17(18)11-13-19(4)12-5-6-16-9-7-15(3)8-10-16/h7-10,17H,1,11-13,18H2,2-4H3. The predicted molar refractivity (Wildman–Crippen MR) is 83.0 cm³/mol. The van der Waals surface area contributed by atoms with Crippen molar-refractivity contribution in [3.05, 3.63) is 47.5 Å². The second-order valence-corrected chi connectivity index (χ2v) is 5.15. The highest BCUT2D eigenvalue weighted by atomic mass is 15.1. The van der Waals surface area contributed by atoms with Gasteiger partial charge in [-0.15, -0.1) is 0 Å². The molecule has 0 bridgehead atoms. The summed E-state index contributed by atoms with van der Waals surface area (Å²) in [7, 11) is 2.06. The highest BCUT2D eigenvalue weighted by Crippen LogP contribution is 2.02. The van der Waals surface area contributed by atoms with Crippen LogP contribution in [0, 0.1) is 18.8 Å². The second-order valence-electron chi connectivity index (χ2n) is 5.15. The number of hydrogen-bond acceptors (Lipinski definition) is 2. The third-order valence-electron chi connectivity index (χ3n) is 3.09. The van der Waals surface area contributed by atoms with Crippen LogP contribution < -0.4 is 5.73 Å². The Bertz CT molecular complexity index is 462. The molecule has 2 heteroatoms. The van der Waals surface area contributed by atoms with Gasteiger partial charge in [-0.25, -0.2) is 0 Å². The molecule has 0 aliphatic heterocycles. The van der Waals surface area contributed by atoms with Crippen LogP contribution in [0.5, 0.6) is 0 Å². The molecule has 0 radical (unpaired) electrons. The van der Waals surface area contributed by atoms with E-state index in [1.807, 2.05) is 6.92 Å². The van der Waals surface area contributed by atoms with E-state index in [4.69, 9.17) is 5.73 Å². The van der Waals surface area contributed by atoms with Gasteiger partial charge in [0.2, 0.25) is 0 Å². The lowest BCUT2D eigenvalue weighted by Crippen LogP contribution is -2.28. The van der Waals surface area contributed by atoms with E-state index in [1.54, 1.807) is 0 Å². The maximum absolute atomic E-state index is 5.94. The fourth-order valence-corrected chi connectivity index (χ4v) is 1.60. The lowest BCUT2D eigenvalue weighted by atomic mass is 10.1. The first kappa shape index (κ1) is 15.5. The smallest absolute Gasteiger partial charge is 0.0602 e. The summed E-state index contributed by atoms with van der Waals surface area (Å²) in [6, 6.07) is 8.37. The molecule has 1 aromatic rings. The monoisotopic (exact) mass is 256 g/mol. The largest absolute Gasteiger partial charge is 0.324 e. The highest BCUT2D eigenvalue weighted by molar-refractivity contribution is 5.35. The van der Waals surface area contributed by atoms with Gasteiger partial charge >= 0.3 is 0 Å². The predicted octanol–water partition coefficient (Wildman–Crippen LogP) is 2.57. The first-order valence-electron chi connectivity index (χ1n) is 6.64. The molecule has 0 amide bonds. The SMILES string of the molecule is C=C(C)C(N)CCN(C)CC#Cc1ccc(C)cc1. The molecule has 0 heterocycles. The maximum Gasteiger partial charge on any atom is 0.0602 e. The van der Waals surface area contributed by atoms with E-state index in [0.717, 1.165) is 30.6 Å². The van der Waals surface area contributed by atoms with Gasteiger partial charge in [0.05, 0.1) is 6.54 Å². The van der Waals surface area contributed by atoms with Gasteiger partial charge in [0.1, 0.15) is 0 Å². The summed E-state index contributed by atoms with van der Waals surface area (Å²) in [5, 5.41) is 0. The quantitative estimate of drug-likeness (QED) is 0.648. The topological polar surface area (TPSA) is 29.3 Å². The van der Waals surface area contributed by atoms with Crippen molar-refractivity contribution in [2.75, 3.05) is 20.1 Å². The Kier molecular flexibility index (Phi) is 6.35. The van der Waals surface area contributed by atoms with Crippen molar-refractivity contribution in [2.24, 2.45) is 5.73 Å². The molecule has 0 spiro atoms. The Morgan fingerprint density at radius 2 is 2.00 bits per heavy atom. The van der Waals surface area contributed by atoms with E-state index >= 15 is 0 Å². The van der Waals surface area contributed by atoms with Gasteiger partial charge in [0.15, 0.2) is 0 Å². The Balaban J connectivity index is 2.36. The molecule has 0 aliphatic carbocycles. The molecule has 1 rings (SSSR count). The second kappa shape index (κ2) is 7.78. The van der Waals surface area contributed by atoms with E-state index in [9.17, 15) is 0 Å². The van der Waals surface area contributed by atoms with Gasteiger partial charge in [0.25, 0.3) is 0 Å². The lowest BCUT2D eigenvalue weighted by molar-refractivity contribution is 0.360. The first-order chi connectivity index (χ1) is 8.99. The molecule has 2 N–H and O–H groups in total. The summed E-state index contributed by atoms with van der Waals surface area (Å²) in [5.41, 5.74) is 9.31. The Morgan fingerprint density at radius 3 is 2.58 bits per heavy atom. The molecule has 0 aromatic heterocycles. The fourth-order valence-electron chi connectivity index (χ4n) is 1.60. The van der Waals surface area contributed by atoms with E-state index in [2.05, 4.69) is 61.6 Å². The van der Waals surface area contributed by atoms with E-state index in [0.29, 0.717) is 0 Å². The van der Waals surface area contributed by atoms with E-state index in [1.165, 1.54) is 5.56 Å². The van der Waals surface area contributed by atoms with Crippen LogP contribution in [0.4, 0.5) is 0 Å². The molecule has 19 heavy (non-hydrogen) atoms. The Hall–Kier alpha value is -1.56. The molecule has 0 saturated heterocycles. The fraction of sp³-hybridized carbons (Fsp3) is 0.412. The lowest BCUT2D eigenvalue weighted by Gasteiger charge is -2.16. The summed E-state index contributed by atoms with van der Waals surface area (Å²) in [6.45, 7) is 9.63. The van der Waals surface area contributed by atoms with Crippen LogP contribution in [0.15, 0.2) is 36.4 Å². The van der Waals surface area contributed by atoms with Crippen molar-refractivity contribution in [3.63, 3.8) is 0 Å². The van der Waals surface area contributed by atoms with Crippen molar-refractivity contribution < 1.29 is 0 Å². The zero-order chi connectivity index (χ0) is 14.3. The molecule has 0 aliphatic rings. The third kappa shape index (κ3) is 6.24. The molecule has 2 nitrogen and oxygen atoms in total. The van der Waals surface area contributed by atoms with Gasteiger partial charge < -0.3 is 5.73 Å². The number of nitrogens with zero attached hydrogens (tertiary/aromatic N) is 1. The number of benzene rings is 1. The average Bonchev–Trinajstić information content (AvgIpc) is 2.38. The van der Waals surface area contributed by atoms with Gasteiger partial charge in [-0.1, -0.05) is 41.7 Å². The summed E-state index contributed by atoms with van der Waals surface area (Å²) in [4.78, 5) is 2.18. The Labute approximate surface area is 117 Å². The van der Waals surface area contributed by atoms with Gasteiger partial charge in [-0.2, -0.15) is 0 Å². The van der Waals surface area contributed by atoms with Crippen LogP contribution in [-0.2, 0) is 0 Å².